The molecule has 2 rings (SSSR count). The highest BCUT2D eigenvalue weighted by Crippen LogP contribution is 2.29. The summed E-state index contributed by atoms with van der Waals surface area (Å²) in [6.07, 6.45) is 0. The summed E-state index contributed by atoms with van der Waals surface area (Å²) in [7, 11) is 0. The van der Waals surface area contributed by atoms with Crippen LogP contribution >= 0.6 is 0 Å². The number of benzene rings is 2. The van der Waals surface area contributed by atoms with E-state index in [9.17, 15) is 10.2 Å². The number of aromatic hydroxyl groups is 2. The molecule has 0 heterocycles. The van der Waals surface area contributed by atoms with Gasteiger partial charge in [-0.3, -0.25) is 0 Å². The van der Waals surface area contributed by atoms with Crippen LogP contribution in [0.15, 0.2) is 42.5 Å². The van der Waals surface area contributed by atoms with Crippen molar-refractivity contribution in [1.29, 1.82) is 0 Å². The van der Waals surface area contributed by atoms with Crippen LogP contribution in [0.2, 0.25) is 0 Å². The fourth-order valence-corrected chi connectivity index (χ4v) is 1.28. The van der Waals surface area contributed by atoms with Crippen LogP contribution in [0.3, 0.4) is 0 Å². The Kier molecular flexibility index (Phi) is 2.55. The molecule has 4 N–H and O–H groups in total. The second-order valence-electron chi connectivity index (χ2n) is 3.32. The van der Waals surface area contributed by atoms with Crippen molar-refractivity contribution in [2.24, 2.45) is 0 Å². The smallest absolute Gasteiger partial charge is 0.138 e. The van der Waals surface area contributed by atoms with E-state index >= 15 is 0 Å². The first-order chi connectivity index (χ1) is 7.65. The van der Waals surface area contributed by atoms with Crippen LogP contribution in [0.1, 0.15) is 0 Å². The third-order valence-electron chi connectivity index (χ3n) is 2.05. The summed E-state index contributed by atoms with van der Waals surface area (Å²) in [5, 5.41) is 18.5. The Labute approximate surface area is 92.5 Å². The number of nitrogens with two attached hydrogens (primary N) is 1. The molecule has 0 bridgehead atoms. The Balaban J connectivity index is 2.24. The largest absolute Gasteiger partial charge is 0.508 e. The van der Waals surface area contributed by atoms with Gasteiger partial charge in [-0.15, -0.1) is 0 Å². The maximum Gasteiger partial charge on any atom is 0.138 e. The van der Waals surface area contributed by atoms with Gasteiger partial charge in [0.1, 0.15) is 23.0 Å². The van der Waals surface area contributed by atoms with E-state index in [0.717, 1.165) is 0 Å². The maximum absolute atomic E-state index is 9.25. The minimum atomic E-state index is 0.0169. The molecule has 2 aromatic carbocycles. The first kappa shape index (κ1) is 10.2. The van der Waals surface area contributed by atoms with E-state index in [0.29, 0.717) is 11.5 Å². The topological polar surface area (TPSA) is 75.7 Å². The molecule has 4 nitrogen and oxygen atoms in total. The fourth-order valence-electron chi connectivity index (χ4n) is 1.28. The Morgan fingerprint density at radius 1 is 0.938 bits per heavy atom. The molecule has 16 heavy (non-hydrogen) atoms. The predicted molar refractivity (Wildman–Crippen MR) is 60.7 cm³/mol. The fraction of sp³-hybridized carbons (Fsp3) is 0. The maximum atomic E-state index is 9.25. The van der Waals surface area contributed by atoms with Crippen LogP contribution in [0, 0.1) is 0 Å². The minimum absolute atomic E-state index is 0.0169. The number of rotatable bonds is 2. The summed E-state index contributed by atoms with van der Waals surface area (Å²) in [6.45, 7) is 0. The van der Waals surface area contributed by atoms with Gasteiger partial charge in [0.2, 0.25) is 0 Å². The number of phenols is 2. The molecule has 0 saturated carbocycles. The molecule has 0 radical (unpaired) electrons. The van der Waals surface area contributed by atoms with E-state index in [-0.39, 0.29) is 17.2 Å². The van der Waals surface area contributed by atoms with Gasteiger partial charge in [-0.1, -0.05) is 6.07 Å². The highest BCUT2D eigenvalue weighted by molar-refractivity contribution is 5.55. The molecule has 0 aliphatic carbocycles. The zero-order valence-electron chi connectivity index (χ0n) is 8.42. The molecule has 82 valence electrons. The van der Waals surface area contributed by atoms with E-state index in [1.165, 1.54) is 18.2 Å². The van der Waals surface area contributed by atoms with E-state index < -0.39 is 0 Å². The van der Waals surface area contributed by atoms with Gasteiger partial charge in [-0.25, -0.2) is 0 Å². The normalized spacial score (nSPS) is 10.0. The van der Waals surface area contributed by atoms with Crippen LogP contribution in [-0.2, 0) is 0 Å². The first-order valence-electron chi connectivity index (χ1n) is 4.70. The second-order valence-corrected chi connectivity index (χ2v) is 3.32. The summed E-state index contributed by atoms with van der Waals surface area (Å²) in [5.74, 6) is 1.15. The summed E-state index contributed by atoms with van der Waals surface area (Å²) in [6, 6.07) is 11.0. The molecule has 0 atom stereocenters. The Morgan fingerprint density at radius 3 is 2.38 bits per heavy atom. The zero-order valence-corrected chi connectivity index (χ0v) is 8.42. The number of phenolic OH excluding ortho intramolecular Hbond substituents is 2. The number of ether oxygens (including phenoxy) is 1. The van der Waals surface area contributed by atoms with Crippen molar-refractivity contribution in [2.75, 3.05) is 5.73 Å². The third kappa shape index (κ3) is 2.17. The number of hydrogen-bond acceptors (Lipinski definition) is 4. The average Bonchev–Trinajstić information content (AvgIpc) is 2.24. The van der Waals surface area contributed by atoms with Gasteiger partial charge in [-0.2, -0.15) is 0 Å². The number of anilines is 1. The molecule has 0 aliphatic heterocycles. The lowest BCUT2D eigenvalue weighted by atomic mass is 10.3. The number of hydrogen-bond donors (Lipinski definition) is 3. The molecular formula is C12H11NO3. The highest BCUT2D eigenvalue weighted by Gasteiger charge is 2.01. The van der Waals surface area contributed by atoms with E-state index in [1.54, 1.807) is 24.3 Å². The van der Waals surface area contributed by atoms with Crippen LogP contribution in [-0.4, -0.2) is 10.2 Å². The van der Waals surface area contributed by atoms with Crippen molar-refractivity contribution in [3.8, 4) is 23.0 Å². The van der Waals surface area contributed by atoms with Crippen molar-refractivity contribution in [3.63, 3.8) is 0 Å². The quantitative estimate of drug-likeness (QED) is 0.533. The van der Waals surface area contributed by atoms with Crippen molar-refractivity contribution in [2.45, 2.75) is 0 Å². The van der Waals surface area contributed by atoms with Crippen LogP contribution in [0.5, 0.6) is 23.0 Å². The monoisotopic (exact) mass is 217 g/mol. The molecule has 0 saturated heterocycles. The summed E-state index contributed by atoms with van der Waals surface area (Å²) < 4.78 is 5.44. The van der Waals surface area contributed by atoms with Gasteiger partial charge in [0.05, 0.1) is 5.69 Å². The lowest BCUT2D eigenvalue weighted by Gasteiger charge is -2.07. The first-order valence-corrected chi connectivity index (χ1v) is 4.70. The SMILES string of the molecule is Nc1cc(Oc2cccc(O)c2)ccc1O. The molecule has 0 unspecified atom stereocenters. The van der Waals surface area contributed by atoms with Gasteiger partial charge in [0.15, 0.2) is 0 Å². The lowest BCUT2D eigenvalue weighted by Crippen LogP contribution is -1.88. The standard InChI is InChI=1S/C12H11NO3/c13-11-7-10(4-5-12(11)15)16-9-3-1-2-8(14)6-9/h1-7,14-15H,13H2. The molecule has 2 aromatic rings. The van der Waals surface area contributed by atoms with Gasteiger partial charge in [0.25, 0.3) is 0 Å². The molecule has 0 amide bonds. The molecule has 0 aromatic heterocycles. The van der Waals surface area contributed by atoms with Crippen molar-refractivity contribution < 1.29 is 14.9 Å². The van der Waals surface area contributed by atoms with Gasteiger partial charge < -0.3 is 20.7 Å². The summed E-state index contributed by atoms with van der Waals surface area (Å²) in [5.41, 5.74) is 5.77. The molecular weight excluding hydrogens is 206 g/mol. The number of nitrogen functional groups attached to an aromatic ring is 1. The van der Waals surface area contributed by atoms with E-state index in [4.69, 9.17) is 10.5 Å². The second kappa shape index (κ2) is 4.02. The van der Waals surface area contributed by atoms with Crippen molar-refractivity contribution in [3.05, 3.63) is 42.5 Å². The van der Waals surface area contributed by atoms with E-state index in [2.05, 4.69) is 0 Å². The van der Waals surface area contributed by atoms with Crippen LogP contribution in [0.4, 0.5) is 5.69 Å². The third-order valence-corrected chi connectivity index (χ3v) is 2.05. The Bertz CT molecular complexity index is 511. The highest BCUT2D eigenvalue weighted by atomic mass is 16.5. The van der Waals surface area contributed by atoms with Crippen LogP contribution < -0.4 is 10.5 Å². The van der Waals surface area contributed by atoms with Gasteiger partial charge in [-0.05, 0) is 24.3 Å². The average molecular weight is 217 g/mol. The molecule has 0 fully saturated rings. The lowest BCUT2D eigenvalue weighted by molar-refractivity contribution is 0.452. The minimum Gasteiger partial charge on any atom is -0.508 e. The van der Waals surface area contributed by atoms with E-state index in [1.807, 2.05) is 0 Å². The van der Waals surface area contributed by atoms with Crippen molar-refractivity contribution >= 4 is 5.69 Å². The molecule has 0 spiro atoms. The zero-order chi connectivity index (χ0) is 11.5. The van der Waals surface area contributed by atoms with Gasteiger partial charge >= 0.3 is 0 Å². The summed E-state index contributed by atoms with van der Waals surface area (Å²) in [4.78, 5) is 0. The predicted octanol–water partition coefficient (Wildman–Crippen LogP) is 2.47. The molecule has 0 aliphatic rings. The Hall–Kier alpha value is -2.36. The van der Waals surface area contributed by atoms with Gasteiger partial charge in [0, 0.05) is 12.1 Å². The summed E-state index contributed by atoms with van der Waals surface area (Å²) >= 11 is 0. The Morgan fingerprint density at radius 2 is 1.69 bits per heavy atom. The van der Waals surface area contributed by atoms with Crippen molar-refractivity contribution in [1.82, 2.24) is 0 Å². The molecule has 4 heteroatoms. The van der Waals surface area contributed by atoms with Crippen LogP contribution in [0.25, 0.3) is 0 Å².